The number of halogens is 1. The van der Waals surface area contributed by atoms with Crippen molar-refractivity contribution in [3.05, 3.63) is 46.7 Å². The number of hydrogen-bond donors (Lipinski definition) is 2. The average Bonchev–Trinajstić information content (AvgIpc) is 3.01. The zero-order valence-corrected chi connectivity index (χ0v) is 14.3. The third kappa shape index (κ3) is 4.66. The van der Waals surface area contributed by atoms with Gasteiger partial charge in [-0.05, 0) is 30.7 Å². The predicted molar refractivity (Wildman–Crippen MR) is 89.7 cm³/mol. The minimum Gasteiger partial charge on any atom is -0.480 e. The fraction of sp³-hybridized carbons (Fsp3) is 0.312. The monoisotopic (exact) mass is 379 g/mol. The van der Waals surface area contributed by atoms with Crippen molar-refractivity contribution in [3.8, 4) is 5.69 Å². The van der Waals surface area contributed by atoms with Gasteiger partial charge in [-0.1, -0.05) is 41.8 Å². The molecule has 6 nitrogen and oxygen atoms in total. The van der Waals surface area contributed by atoms with Crippen LogP contribution in [0.3, 0.4) is 0 Å². The molecule has 7 heteroatoms. The zero-order chi connectivity index (χ0) is 16.8. The number of carboxylic acid groups (broad SMARTS) is 1. The van der Waals surface area contributed by atoms with E-state index in [0.29, 0.717) is 6.42 Å². The van der Waals surface area contributed by atoms with E-state index in [1.165, 1.54) is 0 Å². The molecule has 0 saturated carbocycles. The van der Waals surface area contributed by atoms with E-state index in [2.05, 4.69) is 26.3 Å². The van der Waals surface area contributed by atoms with E-state index < -0.39 is 17.9 Å². The van der Waals surface area contributed by atoms with Gasteiger partial charge >= 0.3 is 5.97 Å². The highest BCUT2D eigenvalue weighted by atomic mass is 79.9. The number of carbonyl (C=O) groups excluding carboxylic acids is 1. The summed E-state index contributed by atoms with van der Waals surface area (Å²) in [4.78, 5) is 23.4. The Bertz CT molecular complexity index is 699. The highest BCUT2D eigenvalue weighted by Gasteiger charge is 2.21. The van der Waals surface area contributed by atoms with E-state index >= 15 is 0 Å². The van der Waals surface area contributed by atoms with E-state index in [0.717, 1.165) is 23.0 Å². The molecule has 0 aliphatic rings. The zero-order valence-electron chi connectivity index (χ0n) is 12.7. The molecule has 0 aliphatic heterocycles. The second kappa shape index (κ2) is 7.92. The molecule has 23 heavy (non-hydrogen) atoms. The first-order chi connectivity index (χ1) is 11.0. The van der Waals surface area contributed by atoms with Gasteiger partial charge in [0.2, 0.25) is 0 Å². The van der Waals surface area contributed by atoms with Crippen molar-refractivity contribution in [1.29, 1.82) is 0 Å². The Hall–Kier alpha value is -2.15. The molecule has 0 bridgehead atoms. The first-order valence-corrected chi connectivity index (χ1v) is 8.16. The number of rotatable bonds is 7. The summed E-state index contributed by atoms with van der Waals surface area (Å²) in [6, 6.07) is 8.17. The van der Waals surface area contributed by atoms with Gasteiger partial charge in [-0.15, -0.1) is 0 Å². The lowest BCUT2D eigenvalue weighted by Gasteiger charge is -2.12. The molecule has 0 aliphatic carbocycles. The molecule has 2 rings (SSSR count). The molecular formula is C16H18BrN3O3. The van der Waals surface area contributed by atoms with Crippen LogP contribution in [0.15, 0.2) is 41.0 Å². The maximum absolute atomic E-state index is 12.2. The number of nitrogens with zero attached hydrogens (tertiary/aromatic N) is 2. The van der Waals surface area contributed by atoms with E-state index in [1.54, 1.807) is 16.9 Å². The van der Waals surface area contributed by atoms with Gasteiger partial charge in [-0.3, -0.25) is 4.79 Å². The number of hydrogen-bond acceptors (Lipinski definition) is 3. The molecule has 1 aromatic heterocycles. The smallest absolute Gasteiger partial charge is 0.326 e. The molecule has 1 amide bonds. The number of carboxylic acids is 1. The number of carbonyl (C=O) groups is 2. The van der Waals surface area contributed by atoms with Crippen LogP contribution in [0, 0.1) is 0 Å². The van der Waals surface area contributed by atoms with Crippen molar-refractivity contribution < 1.29 is 14.7 Å². The quantitative estimate of drug-likeness (QED) is 0.774. The fourth-order valence-corrected chi connectivity index (χ4v) is 2.49. The molecule has 0 fully saturated rings. The fourth-order valence-electron chi connectivity index (χ4n) is 2.11. The minimum atomic E-state index is -1.03. The summed E-state index contributed by atoms with van der Waals surface area (Å²) in [6.07, 6.45) is 3.68. The van der Waals surface area contributed by atoms with Crippen molar-refractivity contribution in [3.63, 3.8) is 0 Å². The number of unbranched alkanes of at least 4 members (excludes halogenated alkanes) is 1. The van der Waals surface area contributed by atoms with E-state index in [1.807, 2.05) is 31.2 Å². The Kier molecular flexibility index (Phi) is 5.92. The largest absolute Gasteiger partial charge is 0.480 e. The molecule has 1 aromatic carbocycles. The predicted octanol–water partition coefficient (Wildman–Crippen LogP) is 3.01. The lowest BCUT2D eigenvalue weighted by atomic mass is 10.1. The Morgan fingerprint density at radius 1 is 1.39 bits per heavy atom. The summed E-state index contributed by atoms with van der Waals surface area (Å²) >= 11 is 3.38. The third-order valence-corrected chi connectivity index (χ3v) is 3.84. The van der Waals surface area contributed by atoms with Crippen molar-refractivity contribution in [2.45, 2.75) is 32.2 Å². The van der Waals surface area contributed by atoms with Crippen LogP contribution in [0.2, 0.25) is 0 Å². The van der Waals surface area contributed by atoms with Crippen LogP contribution in [0.5, 0.6) is 0 Å². The summed E-state index contributed by atoms with van der Waals surface area (Å²) in [5, 5.41) is 15.9. The van der Waals surface area contributed by atoms with Crippen LogP contribution in [-0.2, 0) is 4.79 Å². The van der Waals surface area contributed by atoms with Crippen LogP contribution in [-0.4, -0.2) is 32.8 Å². The summed E-state index contributed by atoms with van der Waals surface area (Å²) < 4.78 is 2.48. The Balaban J connectivity index is 2.10. The first kappa shape index (κ1) is 17.2. The molecule has 0 radical (unpaired) electrons. The van der Waals surface area contributed by atoms with Crippen molar-refractivity contribution >= 4 is 27.8 Å². The average molecular weight is 380 g/mol. The molecule has 122 valence electrons. The summed E-state index contributed by atoms with van der Waals surface area (Å²) in [5.74, 6) is -1.51. The molecule has 0 spiro atoms. The van der Waals surface area contributed by atoms with Crippen molar-refractivity contribution in [1.82, 2.24) is 15.1 Å². The Labute approximate surface area is 142 Å². The maximum atomic E-state index is 12.2. The second-order valence-corrected chi connectivity index (χ2v) is 6.05. The summed E-state index contributed by atoms with van der Waals surface area (Å²) in [5.41, 5.74) is 0.993. The van der Waals surface area contributed by atoms with E-state index in [9.17, 15) is 9.59 Å². The topological polar surface area (TPSA) is 84.2 Å². The SMILES string of the molecule is CCCCC(NC(=O)c1ccn(-c2cccc(Br)c2)n1)C(=O)O. The highest BCUT2D eigenvalue weighted by Crippen LogP contribution is 2.15. The van der Waals surface area contributed by atoms with Crippen LogP contribution in [0.1, 0.15) is 36.7 Å². The third-order valence-electron chi connectivity index (χ3n) is 3.34. The van der Waals surface area contributed by atoms with Crippen molar-refractivity contribution in [2.24, 2.45) is 0 Å². The van der Waals surface area contributed by atoms with Crippen molar-refractivity contribution in [2.75, 3.05) is 0 Å². The van der Waals surface area contributed by atoms with Crippen LogP contribution >= 0.6 is 15.9 Å². The molecule has 0 saturated heterocycles. The van der Waals surface area contributed by atoms with Gasteiger partial charge in [0.1, 0.15) is 6.04 Å². The molecule has 1 atom stereocenters. The van der Waals surface area contributed by atoms with Crippen LogP contribution < -0.4 is 5.32 Å². The lowest BCUT2D eigenvalue weighted by molar-refractivity contribution is -0.139. The van der Waals surface area contributed by atoms with Gasteiger partial charge in [0, 0.05) is 10.7 Å². The van der Waals surface area contributed by atoms with Gasteiger partial charge in [-0.2, -0.15) is 5.10 Å². The lowest BCUT2D eigenvalue weighted by Crippen LogP contribution is -2.40. The molecule has 1 unspecified atom stereocenters. The molecule has 2 N–H and O–H groups in total. The number of benzene rings is 1. The van der Waals surface area contributed by atoms with Crippen LogP contribution in [0.4, 0.5) is 0 Å². The number of aromatic nitrogens is 2. The van der Waals surface area contributed by atoms with Gasteiger partial charge in [-0.25, -0.2) is 9.48 Å². The number of nitrogens with one attached hydrogen (secondary N) is 1. The number of amides is 1. The number of aliphatic carboxylic acids is 1. The summed E-state index contributed by atoms with van der Waals surface area (Å²) in [6.45, 7) is 1.97. The molecule has 1 heterocycles. The minimum absolute atomic E-state index is 0.188. The van der Waals surface area contributed by atoms with Gasteiger partial charge in [0.05, 0.1) is 5.69 Å². The molecular weight excluding hydrogens is 362 g/mol. The summed E-state index contributed by atoms with van der Waals surface area (Å²) in [7, 11) is 0. The standard InChI is InChI=1S/C16H18BrN3O3/c1-2-3-7-14(16(22)23)18-15(21)13-8-9-20(19-13)12-6-4-5-11(17)10-12/h4-6,8-10,14H,2-3,7H2,1H3,(H,18,21)(H,22,23). The van der Waals surface area contributed by atoms with E-state index in [4.69, 9.17) is 5.11 Å². The van der Waals surface area contributed by atoms with Crippen LogP contribution in [0.25, 0.3) is 5.69 Å². The Morgan fingerprint density at radius 3 is 2.83 bits per heavy atom. The Morgan fingerprint density at radius 2 is 2.17 bits per heavy atom. The highest BCUT2D eigenvalue weighted by molar-refractivity contribution is 9.10. The van der Waals surface area contributed by atoms with Gasteiger partial charge < -0.3 is 10.4 Å². The molecule has 2 aromatic rings. The normalized spacial score (nSPS) is 11.9. The van der Waals surface area contributed by atoms with Gasteiger partial charge in [0.25, 0.3) is 5.91 Å². The maximum Gasteiger partial charge on any atom is 0.326 e. The first-order valence-electron chi connectivity index (χ1n) is 7.36. The van der Waals surface area contributed by atoms with Gasteiger partial charge in [0.15, 0.2) is 5.69 Å². The van der Waals surface area contributed by atoms with E-state index in [-0.39, 0.29) is 5.69 Å². The second-order valence-electron chi connectivity index (χ2n) is 5.13.